The Hall–Kier alpha value is -3.12. The maximum absolute atomic E-state index is 12.2. The highest BCUT2D eigenvalue weighted by atomic mass is 79.9. The predicted octanol–water partition coefficient (Wildman–Crippen LogP) is 5.35. The topological polar surface area (TPSA) is 59.9 Å². The molecule has 0 radical (unpaired) electrons. The van der Waals surface area contributed by atoms with Gasteiger partial charge in [-0.05, 0) is 66.4 Å². The molecule has 0 bridgehead atoms. The molecule has 0 aliphatic heterocycles. The second kappa shape index (κ2) is 10.8. The number of carbonyl (C=O) groups excluding carboxylic acids is 1. The van der Waals surface area contributed by atoms with Crippen molar-refractivity contribution in [2.75, 3.05) is 7.11 Å². The zero-order valence-corrected chi connectivity index (χ0v) is 19.4. The summed E-state index contributed by atoms with van der Waals surface area (Å²) < 4.78 is 12.4. The molecule has 0 heterocycles. The third kappa shape index (κ3) is 6.69. The highest BCUT2D eigenvalue weighted by Crippen LogP contribution is 2.28. The highest BCUT2D eigenvalue weighted by Gasteiger charge is 2.07. The quantitative estimate of drug-likeness (QED) is 0.349. The fraction of sp³-hybridized carbons (Fsp3) is 0.200. The molecule has 0 spiro atoms. The van der Waals surface area contributed by atoms with Crippen molar-refractivity contribution >= 4 is 28.1 Å². The SMILES string of the molecule is COc1cc(/C=N/NC(=O)Cc2cc(C)ccc2C)ccc1OCc1ccc(Br)cc1. The summed E-state index contributed by atoms with van der Waals surface area (Å²) in [6, 6.07) is 19.5. The summed E-state index contributed by atoms with van der Waals surface area (Å²) in [5, 5.41) is 4.07. The third-order valence-electron chi connectivity index (χ3n) is 4.75. The predicted molar refractivity (Wildman–Crippen MR) is 127 cm³/mol. The first kappa shape index (κ1) is 22.6. The molecule has 5 nitrogen and oxygen atoms in total. The van der Waals surface area contributed by atoms with E-state index in [1.807, 2.05) is 74.5 Å². The monoisotopic (exact) mass is 480 g/mol. The normalized spacial score (nSPS) is 10.8. The second-order valence-corrected chi connectivity index (χ2v) is 8.14. The minimum atomic E-state index is -0.161. The summed E-state index contributed by atoms with van der Waals surface area (Å²) in [5.74, 6) is 1.08. The average molecular weight is 481 g/mol. The van der Waals surface area contributed by atoms with Crippen LogP contribution in [-0.2, 0) is 17.8 Å². The van der Waals surface area contributed by atoms with Crippen molar-refractivity contribution in [3.63, 3.8) is 0 Å². The van der Waals surface area contributed by atoms with Crippen LogP contribution in [-0.4, -0.2) is 19.2 Å². The Bertz CT molecular complexity index is 1080. The summed E-state index contributed by atoms with van der Waals surface area (Å²) in [6.07, 6.45) is 1.87. The molecular formula is C25H25BrN2O3. The molecule has 160 valence electrons. The van der Waals surface area contributed by atoms with Crippen LogP contribution in [0.4, 0.5) is 0 Å². The number of hydrogen-bond acceptors (Lipinski definition) is 4. The summed E-state index contributed by atoms with van der Waals surface area (Å²) in [6.45, 7) is 4.45. The van der Waals surface area contributed by atoms with Crippen molar-refractivity contribution < 1.29 is 14.3 Å². The van der Waals surface area contributed by atoms with Crippen LogP contribution in [0.1, 0.15) is 27.8 Å². The maximum atomic E-state index is 12.2. The fourth-order valence-electron chi connectivity index (χ4n) is 3.01. The van der Waals surface area contributed by atoms with Gasteiger partial charge in [-0.2, -0.15) is 5.10 Å². The second-order valence-electron chi connectivity index (χ2n) is 7.23. The van der Waals surface area contributed by atoms with Gasteiger partial charge >= 0.3 is 0 Å². The Balaban J connectivity index is 1.58. The lowest BCUT2D eigenvalue weighted by molar-refractivity contribution is -0.120. The van der Waals surface area contributed by atoms with E-state index in [1.165, 1.54) is 0 Å². The number of aryl methyl sites for hydroxylation is 2. The van der Waals surface area contributed by atoms with E-state index in [4.69, 9.17) is 9.47 Å². The zero-order chi connectivity index (χ0) is 22.2. The van der Waals surface area contributed by atoms with Gasteiger partial charge in [0.1, 0.15) is 6.61 Å². The van der Waals surface area contributed by atoms with Gasteiger partial charge in [0, 0.05) is 4.47 Å². The van der Waals surface area contributed by atoms with Crippen molar-refractivity contribution in [3.8, 4) is 11.5 Å². The molecule has 31 heavy (non-hydrogen) atoms. The van der Waals surface area contributed by atoms with E-state index in [-0.39, 0.29) is 12.3 Å². The number of hydrogen-bond donors (Lipinski definition) is 1. The Morgan fingerprint density at radius 1 is 1.03 bits per heavy atom. The molecule has 0 aliphatic carbocycles. The van der Waals surface area contributed by atoms with Gasteiger partial charge in [0.05, 0.1) is 19.7 Å². The van der Waals surface area contributed by atoms with Crippen LogP contribution in [0.5, 0.6) is 11.5 Å². The molecule has 3 aromatic rings. The number of rotatable bonds is 8. The van der Waals surface area contributed by atoms with Crippen LogP contribution in [0.3, 0.4) is 0 Å². The van der Waals surface area contributed by atoms with Crippen molar-refractivity contribution in [1.29, 1.82) is 0 Å². The molecule has 0 saturated carbocycles. The number of methoxy groups -OCH3 is 1. The standard InChI is InChI=1S/C25H25BrN2O3/c1-17-4-5-18(2)21(12-17)14-25(29)28-27-15-20-8-11-23(24(13-20)30-3)31-16-19-6-9-22(26)10-7-19/h4-13,15H,14,16H2,1-3H3,(H,28,29)/b27-15+. The first-order valence-electron chi connectivity index (χ1n) is 9.88. The van der Waals surface area contributed by atoms with E-state index < -0.39 is 0 Å². The van der Waals surface area contributed by atoms with E-state index in [1.54, 1.807) is 13.3 Å². The summed E-state index contributed by atoms with van der Waals surface area (Å²) in [4.78, 5) is 12.2. The number of halogens is 1. The van der Waals surface area contributed by atoms with Gasteiger partial charge in [-0.1, -0.05) is 51.8 Å². The molecule has 0 unspecified atom stereocenters. The average Bonchev–Trinajstić information content (AvgIpc) is 2.76. The molecule has 1 N–H and O–H groups in total. The number of nitrogens with one attached hydrogen (secondary N) is 1. The Morgan fingerprint density at radius 3 is 2.55 bits per heavy atom. The molecule has 0 aliphatic rings. The molecular weight excluding hydrogens is 456 g/mol. The van der Waals surface area contributed by atoms with E-state index in [2.05, 4.69) is 26.5 Å². The van der Waals surface area contributed by atoms with Crippen LogP contribution in [0.25, 0.3) is 0 Å². The van der Waals surface area contributed by atoms with Gasteiger partial charge in [-0.15, -0.1) is 0 Å². The number of benzene rings is 3. The van der Waals surface area contributed by atoms with Crippen LogP contribution < -0.4 is 14.9 Å². The first-order chi connectivity index (χ1) is 14.9. The summed E-state index contributed by atoms with van der Waals surface area (Å²) >= 11 is 3.42. The molecule has 3 aromatic carbocycles. The lowest BCUT2D eigenvalue weighted by Gasteiger charge is -2.11. The van der Waals surface area contributed by atoms with Crippen molar-refractivity contribution in [2.24, 2.45) is 5.10 Å². The van der Waals surface area contributed by atoms with Gasteiger partial charge in [0.15, 0.2) is 11.5 Å². The Labute approximate surface area is 191 Å². The van der Waals surface area contributed by atoms with Gasteiger partial charge in [0.2, 0.25) is 5.91 Å². The summed E-state index contributed by atoms with van der Waals surface area (Å²) in [5.41, 5.74) is 7.66. The Morgan fingerprint density at radius 2 is 1.81 bits per heavy atom. The number of hydrazone groups is 1. The lowest BCUT2D eigenvalue weighted by atomic mass is 10.0. The van der Waals surface area contributed by atoms with Gasteiger partial charge in [0.25, 0.3) is 0 Å². The van der Waals surface area contributed by atoms with Gasteiger partial charge in [-0.3, -0.25) is 4.79 Å². The molecule has 6 heteroatoms. The number of carbonyl (C=O) groups is 1. The van der Waals surface area contributed by atoms with E-state index >= 15 is 0 Å². The molecule has 0 aromatic heterocycles. The number of nitrogens with zero attached hydrogens (tertiary/aromatic N) is 1. The van der Waals surface area contributed by atoms with Crippen LogP contribution in [0.2, 0.25) is 0 Å². The fourth-order valence-corrected chi connectivity index (χ4v) is 3.27. The molecule has 1 amide bonds. The number of ether oxygens (including phenoxy) is 2. The van der Waals surface area contributed by atoms with Crippen LogP contribution in [0.15, 0.2) is 70.2 Å². The highest BCUT2D eigenvalue weighted by molar-refractivity contribution is 9.10. The minimum Gasteiger partial charge on any atom is -0.493 e. The van der Waals surface area contributed by atoms with E-state index in [9.17, 15) is 4.79 Å². The summed E-state index contributed by atoms with van der Waals surface area (Å²) in [7, 11) is 1.59. The van der Waals surface area contributed by atoms with Crippen LogP contribution in [0, 0.1) is 13.8 Å². The lowest BCUT2D eigenvalue weighted by Crippen LogP contribution is -2.20. The first-order valence-corrected chi connectivity index (χ1v) is 10.7. The minimum absolute atomic E-state index is 0.161. The molecule has 3 rings (SSSR count). The van der Waals surface area contributed by atoms with Gasteiger partial charge < -0.3 is 9.47 Å². The molecule has 0 atom stereocenters. The number of amides is 1. The third-order valence-corrected chi connectivity index (χ3v) is 5.28. The zero-order valence-electron chi connectivity index (χ0n) is 17.8. The van der Waals surface area contributed by atoms with Crippen molar-refractivity contribution in [2.45, 2.75) is 26.9 Å². The van der Waals surface area contributed by atoms with Crippen molar-refractivity contribution in [1.82, 2.24) is 5.43 Å². The molecule has 0 saturated heterocycles. The van der Waals surface area contributed by atoms with Crippen LogP contribution >= 0.6 is 15.9 Å². The molecule has 0 fully saturated rings. The smallest absolute Gasteiger partial charge is 0.244 e. The maximum Gasteiger partial charge on any atom is 0.244 e. The largest absolute Gasteiger partial charge is 0.493 e. The Kier molecular flexibility index (Phi) is 7.84. The van der Waals surface area contributed by atoms with Crippen molar-refractivity contribution in [3.05, 3.63) is 93.0 Å². The van der Waals surface area contributed by atoms with Gasteiger partial charge in [-0.25, -0.2) is 5.43 Å². The van der Waals surface area contributed by atoms with E-state index in [0.29, 0.717) is 18.1 Å². The van der Waals surface area contributed by atoms with E-state index in [0.717, 1.165) is 32.3 Å².